The maximum atomic E-state index is 11.6. The van der Waals surface area contributed by atoms with Gasteiger partial charge in [-0.1, -0.05) is 11.6 Å². The monoisotopic (exact) mass is 229 g/mol. The summed E-state index contributed by atoms with van der Waals surface area (Å²) in [6.45, 7) is 4.67. The van der Waals surface area contributed by atoms with Crippen LogP contribution in [0.4, 0.5) is 0 Å². The predicted octanol–water partition coefficient (Wildman–Crippen LogP) is -0.218. The molecule has 0 aromatic heterocycles. The molecule has 1 heterocycles. The Balaban J connectivity index is 2.73. The zero-order chi connectivity index (χ0) is 11.4. The highest BCUT2D eigenvalue weighted by Gasteiger charge is 2.34. The molecule has 0 spiro atoms. The van der Waals surface area contributed by atoms with Crippen molar-refractivity contribution in [1.82, 2.24) is 4.31 Å². The molecule has 0 fully saturated rings. The smallest absolute Gasteiger partial charge is 0.399 e. The van der Waals surface area contributed by atoms with Crippen LogP contribution in [0, 0.1) is 0 Å². The Morgan fingerprint density at radius 1 is 1.87 bits per heavy atom. The second-order valence-electron chi connectivity index (χ2n) is 3.55. The van der Waals surface area contributed by atoms with E-state index in [0.717, 1.165) is 5.57 Å². The molecule has 0 N–H and O–H groups in total. The first-order chi connectivity index (χ1) is 7.06. The minimum Gasteiger partial charge on any atom is -0.617 e. The fourth-order valence-corrected chi connectivity index (χ4v) is 2.39. The van der Waals surface area contributed by atoms with Gasteiger partial charge in [-0.2, -0.15) is 0 Å². The van der Waals surface area contributed by atoms with Crippen LogP contribution in [0.15, 0.2) is 11.6 Å². The Bertz CT molecular complexity index is 270. The fourth-order valence-electron chi connectivity index (χ4n) is 1.59. The fraction of sp³-hybridized carbons (Fsp3) is 0.667. The molecule has 0 bridgehead atoms. The molecule has 1 rings (SSSR count). The summed E-state index contributed by atoms with van der Waals surface area (Å²) in [6, 6.07) is -0.388. The number of nitrogens with zero attached hydrogens (tertiary/aromatic N) is 1. The van der Waals surface area contributed by atoms with Gasteiger partial charge in [-0.25, -0.2) is 0 Å². The van der Waals surface area contributed by atoms with E-state index < -0.39 is 11.2 Å². The van der Waals surface area contributed by atoms with Crippen molar-refractivity contribution in [1.29, 1.82) is 0 Å². The maximum absolute atomic E-state index is 11.6. The van der Waals surface area contributed by atoms with Gasteiger partial charge in [0.15, 0.2) is 6.04 Å². The van der Waals surface area contributed by atoms with Crippen molar-refractivity contribution >= 4 is 24.3 Å². The minimum absolute atomic E-state index is 0.278. The first-order valence-electron chi connectivity index (χ1n) is 4.98. The molecule has 0 amide bonds. The van der Waals surface area contributed by atoms with Crippen molar-refractivity contribution in [2.75, 3.05) is 13.2 Å². The summed E-state index contributed by atoms with van der Waals surface area (Å²) in [5.41, 5.74) is 1.15. The minimum atomic E-state index is -1.13. The number of hydrogen-bond acceptors (Lipinski definition) is 4. The quantitative estimate of drug-likeness (QED) is 0.290. The van der Waals surface area contributed by atoms with Crippen LogP contribution >= 0.6 is 0 Å². The Morgan fingerprint density at radius 3 is 3.07 bits per heavy atom. The molecule has 6 heteroatoms. The molecule has 0 aromatic carbocycles. The molecule has 0 radical (unpaired) electrons. The van der Waals surface area contributed by atoms with E-state index in [1.54, 1.807) is 18.4 Å². The van der Waals surface area contributed by atoms with Gasteiger partial charge in [-0.3, -0.25) is 4.79 Å². The Hall–Kier alpha value is -0.455. The molecular weight excluding hydrogens is 213 g/mol. The van der Waals surface area contributed by atoms with E-state index in [4.69, 9.17) is 4.74 Å². The number of ether oxygens (including phenoxy) is 1. The molecular formula is C9H16BNO3S. The Labute approximate surface area is 94.3 Å². The molecule has 2 atom stereocenters. The number of hydrogen-bond donors (Lipinski definition) is 0. The van der Waals surface area contributed by atoms with Crippen LogP contribution in [-0.2, 0) is 20.7 Å². The lowest BCUT2D eigenvalue weighted by Gasteiger charge is -2.32. The molecule has 4 nitrogen and oxygen atoms in total. The summed E-state index contributed by atoms with van der Waals surface area (Å²) in [4.78, 5) is 11.6. The van der Waals surface area contributed by atoms with Gasteiger partial charge in [-0.15, -0.1) is 4.31 Å². The Kier molecular flexibility index (Phi) is 4.69. The van der Waals surface area contributed by atoms with Gasteiger partial charge in [-0.05, 0) is 31.5 Å². The molecule has 0 aromatic rings. The van der Waals surface area contributed by atoms with Gasteiger partial charge >= 0.3 is 13.1 Å². The number of rotatable bonds is 3. The van der Waals surface area contributed by atoms with E-state index in [0.29, 0.717) is 19.6 Å². The molecule has 84 valence electrons. The van der Waals surface area contributed by atoms with E-state index >= 15 is 0 Å². The van der Waals surface area contributed by atoms with Crippen molar-refractivity contribution in [3.05, 3.63) is 11.6 Å². The molecule has 1 aliphatic heterocycles. The lowest BCUT2D eigenvalue weighted by Crippen LogP contribution is -2.47. The lowest BCUT2D eigenvalue weighted by atomic mass is 10.0. The molecule has 0 aliphatic carbocycles. The van der Waals surface area contributed by atoms with Crippen molar-refractivity contribution in [3.63, 3.8) is 0 Å². The summed E-state index contributed by atoms with van der Waals surface area (Å²) in [6.07, 6.45) is 2.61. The first-order valence-corrected chi connectivity index (χ1v) is 6.50. The third kappa shape index (κ3) is 3.26. The van der Waals surface area contributed by atoms with Gasteiger partial charge in [0, 0.05) is 0 Å². The van der Waals surface area contributed by atoms with Crippen molar-refractivity contribution in [2.24, 2.45) is 0 Å². The summed E-state index contributed by atoms with van der Waals surface area (Å²) in [5.74, 6) is -0.278. The van der Waals surface area contributed by atoms with Crippen LogP contribution < -0.4 is 0 Å². The van der Waals surface area contributed by atoms with Crippen LogP contribution in [0.1, 0.15) is 20.3 Å². The molecule has 0 saturated heterocycles. The largest absolute Gasteiger partial charge is 0.617 e. The van der Waals surface area contributed by atoms with E-state index in [1.165, 1.54) is 0 Å². The highest BCUT2D eigenvalue weighted by atomic mass is 32.2. The van der Waals surface area contributed by atoms with Crippen molar-refractivity contribution in [3.8, 4) is 0 Å². The lowest BCUT2D eigenvalue weighted by molar-refractivity contribution is -0.147. The summed E-state index contributed by atoms with van der Waals surface area (Å²) >= 11 is -1.13. The van der Waals surface area contributed by atoms with Crippen molar-refractivity contribution in [2.45, 2.75) is 26.3 Å². The van der Waals surface area contributed by atoms with Crippen LogP contribution in [0.25, 0.3) is 0 Å². The second kappa shape index (κ2) is 5.58. The van der Waals surface area contributed by atoms with Gasteiger partial charge in [0.05, 0.1) is 13.2 Å². The highest BCUT2D eigenvalue weighted by molar-refractivity contribution is 8.10. The highest BCUT2D eigenvalue weighted by Crippen LogP contribution is 2.20. The van der Waals surface area contributed by atoms with Gasteiger partial charge in [0.25, 0.3) is 0 Å². The van der Waals surface area contributed by atoms with Crippen molar-refractivity contribution < 1.29 is 14.1 Å². The number of esters is 1. The molecule has 15 heavy (non-hydrogen) atoms. The standard InChI is InChI=1S/C9H16BNO3S/c1-3-14-9(12)8-6-7(2)4-5-11(8)15(10)13/h4,8H,3,5-6,10H2,1-2H3/t8-,15-/m0/s1. The van der Waals surface area contributed by atoms with Crippen LogP contribution in [0.3, 0.4) is 0 Å². The van der Waals surface area contributed by atoms with Gasteiger partial charge < -0.3 is 9.29 Å². The Morgan fingerprint density at radius 2 is 2.53 bits per heavy atom. The SMILES string of the molecule is B[S@+]([O-])N1CC=C(C)C[C@H]1C(=O)OCC. The van der Waals surface area contributed by atoms with Crippen LogP contribution in [0.5, 0.6) is 0 Å². The predicted molar refractivity (Wildman–Crippen MR) is 62.2 cm³/mol. The van der Waals surface area contributed by atoms with Crippen LogP contribution in [0.2, 0.25) is 0 Å². The average molecular weight is 229 g/mol. The molecule has 0 saturated carbocycles. The van der Waals surface area contributed by atoms with Gasteiger partial charge in [0.1, 0.15) is 0 Å². The number of carbonyl (C=O) groups is 1. The summed E-state index contributed by atoms with van der Waals surface area (Å²) < 4.78 is 18.1. The second-order valence-corrected chi connectivity index (χ2v) is 4.86. The first kappa shape index (κ1) is 12.6. The van der Waals surface area contributed by atoms with E-state index in [1.807, 2.05) is 13.0 Å². The third-order valence-corrected chi connectivity index (χ3v) is 3.44. The third-order valence-electron chi connectivity index (χ3n) is 2.37. The molecule has 0 unspecified atom stereocenters. The maximum Gasteiger partial charge on any atom is 0.399 e. The van der Waals surface area contributed by atoms with E-state index in [2.05, 4.69) is 0 Å². The van der Waals surface area contributed by atoms with E-state index in [9.17, 15) is 9.35 Å². The normalized spacial score (nSPS) is 24.5. The average Bonchev–Trinajstić information content (AvgIpc) is 2.17. The molecule has 1 aliphatic rings. The van der Waals surface area contributed by atoms with Crippen LogP contribution in [-0.4, -0.2) is 41.1 Å². The van der Waals surface area contributed by atoms with Gasteiger partial charge in [0.2, 0.25) is 0 Å². The number of carbonyl (C=O) groups excluding carboxylic acids is 1. The summed E-state index contributed by atoms with van der Waals surface area (Å²) in [7, 11) is 1.58. The topological polar surface area (TPSA) is 52.6 Å². The van der Waals surface area contributed by atoms with E-state index in [-0.39, 0.29) is 12.0 Å². The zero-order valence-corrected chi connectivity index (χ0v) is 10.2. The summed E-state index contributed by atoms with van der Waals surface area (Å²) in [5, 5.41) is 0. The zero-order valence-electron chi connectivity index (χ0n) is 9.36.